The van der Waals surface area contributed by atoms with Gasteiger partial charge in [0.25, 0.3) is 5.91 Å². The van der Waals surface area contributed by atoms with Crippen molar-refractivity contribution in [3.05, 3.63) is 94.0 Å². The molecule has 0 fully saturated rings. The van der Waals surface area contributed by atoms with Crippen LogP contribution in [-0.2, 0) is 20.7 Å². The van der Waals surface area contributed by atoms with E-state index in [1.165, 1.54) is 17.0 Å². The van der Waals surface area contributed by atoms with Crippen LogP contribution < -0.4 is 10.6 Å². The van der Waals surface area contributed by atoms with Crippen molar-refractivity contribution < 1.29 is 24.2 Å². The number of para-hydroxylation sites is 1. The molecule has 3 amide bonds. The van der Waals surface area contributed by atoms with Crippen molar-refractivity contribution in [2.45, 2.75) is 65.6 Å². The molecule has 2 atom stereocenters. The number of aromatic hydroxyl groups is 1. The van der Waals surface area contributed by atoms with Crippen molar-refractivity contribution in [2.75, 3.05) is 11.9 Å². The summed E-state index contributed by atoms with van der Waals surface area (Å²) < 4.78 is 5.45. The molecule has 3 aromatic carbocycles. The van der Waals surface area contributed by atoms with Gasteiger partial charge >= 0.3 is 6.09 Å². The lowest BCUT2D eigenvalue weighted by atomic mass is 9.97. The first kappa shape index (κ1) is 31.5. The standard InChI is InChI=1S/C32H38ClN3O5/c1-7-36(30(39)26(34-31(40)41-32(4,5)6)19-22-15-17-23(37)18-16-22)28(24-13-9-8-11-20(24)2)29(38)35-27-21(3)12-10-14-25(27)33/h8-18,26,28,37H,7,19H2,1-6H3,(H,34,40)(H,35,38). The Morgan fingerprint density at radius 2 is 1.59 bits per heavy atom. The lowest BCUT2D eigenvalue weighted by Gasteiger charge is -2.34. The molecule has 0 radical (unpaired) electrons. The molecule has 0 aliphatic rings. The fourth-order valence-corrected chi connectivity index (χ4v) is 4.78. The number of benzene rings is 3. The number of alkyl carbamates (subject to hydrolysis) is 1. The predicted molar refractivity (Wildman–Crippen MR) is 161 cm³/mol. The Balaban J connectivity index is 2.04. The maximum absolute atomic E-state index is 14.3. The number of nitrogens with one attached hydrogen (secondary N) is 2. The van der Waals surface area contributed by atoms with Crippen LogP contribution in [0.25, 0.3) is 0 Å². The number of halogens is 1. The normalized spacial score (nSPS) is 12.7. The van der Waals surface area contributed by atoms with E-state index in [4.69, 9.17) is 16.3 Å². The number of ether oxygens (including phenoxy) is 1. The smallest absolute Gasteiger partial charge is 0.408 e. The van der Waals surface area contributed by atoms with Crippen molar-refractivity contribution in [3.8, 4) is 5.75 Å². The molecule has 0 aliphatic heterocycles. The Bertz CT molecular complexity index is 1360. The van der Waals surface area contributed by atoms with Crippen LogP contribution in [0.1, 0.15) is 56.0 Å². The van der Waals surface area contributed by atoms with Gasteiger partial charge in [0.2, 0.25) is 5.91 Å². The molecule has 0 aliphatic carbocycles. The summed E-state index contributed by atoms with van der Waals surface area (Å²) in [5.41, 5.74) is 2.64. The van der Waals surface area contributed by atoms with Gasteiger partial charge in [-0.3, -0.25) is 9.59 Å². The maximum atomic E-state index is 14.3. The third-order valence-electron chi connectivity index (χ3n) is 6.50. The van der Waals surface area contributed by atoms with Gasteiger partial charge in [-0.15, -0.1) is 0 Å². The number of nitrogens with zero attached hydrogens (tertiary/aromatic N) is 1. The first-order valence-corrected chi connectivity index (χ1v) is 13.9. The Morgan fingerprint density at radius 3 is 2.17 bits per heavy atom. The highest BCUT2D eigenvalue weighted by atomic mass is 35.5. The number of likely N-dealkylation sites (N-methyl/N-ethyl adjacent to an activating group) is 1. The zero-order chi connectivity index (χ0) is 30.3. The van der Waals surface area contributed by atoms with Gasteiger partial charge in [0, 0.05) is 13.0 Å². The molecule has 0 saturated carbocycles. The Morgan fingerprint density at radius 1 is 0.951 bits per heavy atom. The van der Waals surface area contributed by atoms with Gasteiger partial charge < -0.3 is 25.4 Å². The number of amides is 3. The monoisotopic (exact) mass is 579 g/mol. The summed E-state index contributed by atoms with van der Waals surface area (Å²) in [6.07, 6.45) is -0.644. The van der Waals surface area contributed by atoms with E-state index in [2.05, 4.69) is 10.6 Å². The average molecular weight is 580 g/mol. The molecule has 0 bridgehead atoms. The molecular formula is C32H38ClN3O5. The van der Waals surface area contributed by atoms with Gasteiger partial charge in [-0.05, 0) is 82.0 Å². The van der Waals surface area contributed by atoms with Crippen molar-refractivity contribution in [1.82, 2.24) is 10.2 Å². The molecule has 0 saturated heterocycles. The number of carbonyl (C=O) groups is 3. The summed E-state index contributed by atoms with van der Waals surface area (Å²) in [4.78, 5) is 42.5. The van der Waals surface area contributed by atoms with E-state index in [1.807, 2.05) is 44.2 Å². The first-order chi connectivity index (χ1) is 19.3. The highest BCUT2D eigenvalue weighted by molar-refractivity contribution is 6.34. The summed E-state index contributed by atoms with van der Waals surface area (Å²) in [7, 11) is 0. The van der Waals surface area contributed by atoms with Gasteiger partial charge in [0.1, 0.15) is 23.4 Å². The molecule has 8 nitrogen and oxygen atoms in total. The number of rotatable bonds is 9. The third-order valence-corrected chi connectivity index (χ3v) is 6.82. The van der Waals surface area contributed by atoms with E-state index in [0.717, 1.165) is 11.1 Å². The van der Waals surface area contributed by atoms with Crippen LogP contribution in [0.5, 0.6) is 5.75 Å². The van der Waals surface area contributed by atoms with Gasteiger partial charge in [-0.1, -0.05) is 60.1 Å². The molecule has 0 heterocycles. The summed E-state index contributed by atoms with van der Waals surface area (Å²) in [6.45, 7) is 10.9. The summed E-state index contributed by atoms with van der Waals surface area (Å²) in [5, 5.41) is 15.8. The van der Waals surface area contributed by atoms with E-state index in [9.17, 15) is 19.5 Å². The lowest BCUT2D eigenvalue weighted by Crippen LogP contribution is -2.53. The SMILES string of the molecule is CCN(C(=O)C(Cc1ccc(O)cc1)NC(=O)OC(C)(C)C)C(C(=O)Nc1c(C)cccc1Cl)c1ccccc1C. The molecule has 2 unspecified atom stereocenters. The molecule has 9 heteroatoms. The summed E-state index contributed by atoms with van der Waals surface area (Å²) in [5.74, 6) is -0.824. The molecule has 0 aromatic heterocycles. The zero-order valence-corrected chi connectivity index (χ0v) is 25.1. The number of hydrogen-bond donors (Lipinski definition) is 3. The minimum Gasteiger partial charge on any atom is -0.508 e. The maximum Gasteiger partial charge on any atom is 0.408 e. The van der Waals surface area contributed by atoms with E-state index in [-0.39, 0.29) is 18.7 Å². The van der Waals surface area contributed by atoms with Crippen LogP contribution in [0.2, 0.25) is 5.02 Å². The second-order valence-corrected chi connectivity index (χ2v) is 11.3. The van der Waals surface area contributed by atoms with E-state index >= 15 is 0 Å². The number of anilines is 1. The summed E-state index contributed by atoms with van der Waals surface area (Å²) in [6, 6.07) is 17.0. The highest BCUT2D eigenvalue weighted by Crippen LogP contribution is 2.30. The minimum absolute atomic E-state index is 0.0815. The largest absolute Gasteiger partial charge is 0.508 e. The molecule has 218 valence electrons. The number of aryl methyl sites for hydroxylation is 2. The van der Waals surface area contributed by atoms with Gasteiger partial charge in [0.05, 0.1) is 10.7 Å². The Kier molecular flexibility index (Phi) is 10.4. The minimum atomic E-state index is -1.06. The number of carbonyl (C=O) groups excluding carboxylic acids is 3. The number of phenols is 1. The Hall–Kier alpha value is -4.04. The second kappa shape index (κ2) is 13.5. The van der Waals surface area contributed by atoms with Gasteiger partial charge in [-0.2, -0.15) is 0 Å². The summed E-state index contributed by atoms with van der Waals surface area (Å²) >= 11 is 6.42. The quantitative estimate of drug-likeness (QED) is 0.275. The molecule has 41 heavy (non-hydrogen) atoms. The van der Waals surface area contributed by atoms with Gasteiger partial charge in [-0.25, -0.2) is 4.79 Å². The molecular weight excluding hydrogens is 542 g/mol. The average Bonchev–Trinajstić information content (AvgIpc) is 2.89. The van der Waals surface area contributed by atoms with E-state index in [0.29, 0.717) is 21.8 Å². The van der Waals surface area contributed by atoms with Crippen LogP contribution in [0.4, 0.5) is 10.5 Å². The fourth-order valence-electron chi connectivity index (χ4n) is 4.51. The van der Waals surface area contributed by atoms with E-state index in [1.54, 1.807) is 52.0 Å². The van der Waals surface area contributed by atoms with Crippen LogP contribution >= 0.6 is 11.6 Å². The lowest BCUT2D eigenvalue weighted by molar-refractivity contribution is -0.140. The predicted octanol–water partition coefficient (Wildman–Crippen LogP) is 6.33. The number of phenolic OH excluding ortho intramolecular Hbond substituents is 1. The first-order valence-electron chi connectivity index (χ1n) is 13.5. The molecule has 0 spiro atoms. The molecule has 3 rings (SSSR count). The van der Waals surface area contributed by atoms with Crippen LogP contribution in [0.15, 0.2) is 66.7 Å². The molecule has 3 N–H and O–H groups in total. The topological polar surface area (TPSA) is 108 Å². The van der Waals surface area contributed by atoms with Crippen molar-refractivity contribution in [2.24, 2.45) is 0 Å². The van der Waals surface area contributed by atoms with Crippen LogP contribution in [-0.4, -0.2) is 46.1 Å². The zero-order valence-electron chi connectivity index (χ0n) is 24.3. The van der Waals surface area contributed by atoms with Crippen molar-refractivity contribution in [3.63, 3.8) is 0 Å². The Labute approximate surface area is 246 Å². The van der Waals surface area contributed by atoms with Crippen LogP contribution in [0.3, 0.4) is 0 Å². The molecule has 3 aromatic rings. The van der Waals surface area contributed by atoms with Gasteiger partial charge in [0.15, 0.2) is 0 Å². The third kappa shape index (κ3) is 8.47. The fraction of sp³-hybridized carbons (Fsp3) is 0.344. The second-order valence-electron chi connectivity index (χ2n) is 10.9. The van der Waals surface area contributed by atoms with Crippen molar-refractivity contribution >= 4 is 35.2 Å². The highest BCUT2D eigenvalue weighted by Gasteiger charge is 2.36. The van der Waals surface area contributed by atoms with Crippen LogP contribution in [0, 0.1) is 13.8 Å². The number of hydrogen-bond acceptors (Lipinski definition) is 5. The van der Waals surface area contributed by atoms with E-state index < -0.39 is 35.6 Å². The van der Waals surface area contributed by atoms with Crippen molar-refractivity contribution in [1.29, 1.82) is 0 Å².